The first-order valence-electron chi connectivity index (χ1n) is 12.8. The number of fused-ring (bicyclic) bond motifs is 1. The van der Waals surface area contributed by atoms with Gasteiger partial charge >= 0.3 is 0 Å². The molecule has 6 nitrogen and oxygen atoms in total. The molecule has 3 rings (SSSR count). The summed E-state index contributed by atoms with van der Waals surface area (Å²) < 4.78 is 22.6. The van der Waals surface area contributed by atoms with Crippen LogP contribution in [0, 0.1) is 11.3 Å². The van der Waals surface area contributed by atoms with E-state index >= 15 is 0 Å². The zero-order valence-electron chi connectivity index (χ0n) is 20.8. The first-order valence-corrected chi connectivity index (χ1v) is 12.8. The lowest BCUT2D eigenvalue weighted by Crippen LogP contribution is -2.01. The second kappa shape index (κ2) is 15.0. The molecule has 0 bridgehead atoms. The number of nitrogens with zero attached hydrogens (tertiary/aromatic N) is 1. The van der Waals surface area contributed by atoms with E-state index in [0.717, 1.165) is 42.6 Å². The summed E-state index contributed by atoms with van der Waals surface area (Å²) in [5.41, 5.74) is 2.18. The molecule has 2 aromatic rings. The van der Waals surface area contributed by atoms with E-state index in [1.54, 1.807) is 0 Å². The highest BCUT2D eigenvalue weighted by atomic mass is 16.7. The molecule has 0 saturated carbocycles. The van der Waals surface area contributed by atoms with Crippen LogP contribution in [0.15, 0.2) is 36.4 Å². The Balaban J connectivity index is 1.50. The molecule has 6 heteroatoms. The predicted molar refractivity (Wildman–Crippen MR) is 138 cm³/mol. The monoisotopic (exact) mass is 479 g/mol. The third-order valence-electron chi connectivity index (χ3n) is 5.94. The lowest BCUT2D eigenvalue weighted by atomic mass is 10.0. The zero-order chi connectivity index (χ0) is 24.7. The van der Waals surface area contributed by atoms with Gasteiger partial charge in [0.15, 0.2) is 23.0 Å². The normalized spacial score (nSPS) is 12.4. The van der Waals surface area contributed by atoms with Gasteiger partial charge in [-0.2, -0.15) is 5.26 Å². The molecule has 0 aliphatic carbocycles. The maximum atomic E-state index is 9.73. The van der Waals surface area contributed by atoms with Gasteiger partial charge in [-0.1, -0.05) is 51.0 Å². The Morgan fingerprint density at radius 1 is 0.886 bits per heavy atom. The minimum Gasteiger partial charge on any atom is -0.490 e. The average molecular weight is 480 g/mol. The fourth-order valence-electron chi connectivity index (χ4n) is 4.05. The number of nitriles is 1. The van der Waals surface area contributed by atoms with E-state index in [1.165, 1.54) is 32.1 Å². The van der Waals surface area contributed by atoms with E-state index in [1.807, 2.05) is 49.4 Å². The van der Waals surface area contributed by atoms with E-state index in [9.17, 15) is 5.26 Å². The SMILES string of the molecule is CCOc1cc(/C=C(\C#N)c2ccc3c(c2)OCO3)ccc1OCCCCCCCCCCCO. The molecule has 2 aromatic carbocycles. The number of allylic oxidation sites excluding steroid dienone is 1. The van der Waals surface area contributed by atoms with Gasteiger partial charge in [-0.15, -0.1) is 0 Å². The summed E-state index contributed by atoms with van der Waals surface area (Å²) in [4.78, 5) is 0. The maximum Gasteiger partial charge on any atom is 0.231 e. The van der Waals surface area contributed by atoms with Crippen LogP contribution in [-0.2, 0) is 0 Å². The number of aliphatic hydroxyl groups is 1. The molecule has 0 saturated heterocycles. The summed E-state index contributed by atoms with van der Waals surface area (Å²) in [6.45, 7) is 3.66. The van der Waals surface area contributed by atoms with Crippen molar-refractivity contribution in [2.75, 3.05) is 26.6 Å². The second-order valence-corrected chi connectivity index (χ2v) is 8.63. The van der Waals surface area contributed by atoms with Crippen molar-refractivity contribution < 1.29 is 24.1 Å². The van der Waals surface area contributed by atoms with Gasteiger partial charge in [0.25, 0.3) is 0 Å². The molecule has 0 atom stereocenters. The molecule has 0 radical (unpaired) electrons. The summed E-state index contributed by atoms with van der Waals surface area (Å²) >= 11 is 0. The number of hydrogen-bond donors (Lipinski definition) is 1. The van der Waals surface area contributed by atoms with Crippen molar-refractivity contribution in [2.24, 2.45) is 0 Å². The number of ether oxygens (including phenoxy) is 4. The fraction of sp³-hybridized carbons (Fsp3) is 0.483. The summed E-state index contributed by atoms with van der Waals surface area (Å²) in [6, 6.07) is 13.6. The van der Waals surface area contributed by atoms with Crippen molar-refractivity contribution in [3.63, 3.8) is 0 Å². The molecule has 0 unspecified atom stereocenters. The molecule has 1 aliphatic heterocycles. The second-order valence-electron chi connectivity index (χ2n) is 8.63. The van der Waals surface area contributed by atoms with Gasteiger partial charge < -0.3 is 24.1 Å². The van der Waals surface area contributed by atoms with Gasteiger partial charge in [-0.05, 0) is 67.3 Å². The van der Waals surface area contributed by atoms with E-state index < -0.39 is 0 Å². The van der Waals surface area contributed by atoms with E-state index in [-0.39, 0.29) is 6.79 Å². The fourth-order valence-corrected chi connectivity index (χ4v) is 4.05. The molecule has 0 spiro atoms. The highest BCUT2D eigenvalue weighted by molar-refractivity contribution is 5.90. The molecular formula is C29H37NO5. The number of hydrogen-bond acceptors (Lipinski definition) is 6. The molecule has 0 aromatic heterocycles. The van der Waals surface area contributed by atoms with Gasteiger partial charge in [-0.25, -0.2) is 0 Å². The summed E-state index contributed by atoms with van der Waals surface area (Å²) in [5, 5.41) is 18.5. The third kappa shape index (κ3) is 8.52. The number of rotatable bonds is 16. The Labute approximate surface area is 209 Å². The maximum absolute atomic E-state index is 9.73. The Kier molecular flexibility index (Phi) is 11.3. The summed E-state index contributed by atoms with van der Waals surface area (Å²) in [5.74, 6) is 2.77. The Bertz CT molecular complexity index is 995. The van der Waals surface area contributed by atoms with E-state index in [0.29, 0.717) is 42.6 Å². The van der Waals surface area contributed by atoms with Crippen LogP contribution in [0.3, 0.4) is 0 Å². The molecule has 1 heterocycles. The first-order chi connectivity index (χ1) is 17.2. The molecule has 0 fully saturated rings. The molecule has 35 heavy (non-hydrogen) atoms. The largest absolute Gasteiger partial charge is 0.490 e. The van der Waals surface area contributed by atoms with Crippen LogP contribution < -0.4 is 18.9 Å². The van der Waals surface area contributed by atoms with Crippen molar-refractivity contribution >= 4 is 11.6 Å². The minimum atomic E-state index is 0.204. The lowest BCUT2D eigenvalue weighted by Gasteiger charge is -2.13. The van der Waals surface area contributed by atoms with E-state index in [4.69, 9.17) is 24.1 Å². The van der Waals surface area contributed by atoms with Crippen molar-refractivity contribution in [3.05, 3.63) is 47.5 Å². The molecule has 0 amide bonds. The molecule has 1 N–H and O–H groups in total. The first kappa shape index (κ1) is 26.4. The Morgan fingerprint density at radius 3 is 2.31 bits per heavy atom. The highest BCUT2D eigenvalue weighted by Crippen LogP contribution is 2.35. The zero-order valence-corrected chi connectivity index (χ0v) is 20.8. The van der Waals surface area contributed by atoms with Crippen LogP contribution in [-0.4, -0.2) is 31.7 Å². The van der Waals surface area contributed by atoms with Crippen LogP contribution >= 0.6 is 0 Å². The van der Waals surface area contributed by atoms with Crippen LogP contribution in [0.1, 0.15) is 75.8 Å². The number of benzene rings is 2. The Morgan fingerprint density at radius 2 is 1.60 bits per heavy atom. The van der Waals surface area contributed by atoms with Crippen LogP contribution in [0.25, 0.3) is 11.6 Å². The van der Waals surface area contributed by atoms with Crippen molar-refractivity contribution in [1.82, 2.24) is 0 Å². The molecular weight excluding hydrogens is 442 g/mol. The minimum absolute atomic E-state index is 0.204. The van der Waals surface area contributed by atoms with Crippen molar-refractivity contribution in [2.45, 2.75) is 64.7 Å². The third-order valence-corrected chi connectivity index (χ3v) is 5.94. The Hall–Kier alpha value is -3.17. The van der Waals surface area contributed by atoms with E-state index in [2.05, 4.69) is 6.07 Å². The molecule has 1 aliphatic rings. The highest BCUT2D eigenvalue weighted by Gasteiger charge is 2.15. The standard InChI is InChI=1S/C29H37NO5/c1-2-32-28-19-23(18-25(21-30)24-13-15-27-29(20-24)35-22-34-27)12-14-26(28)33-17-11-9-7-5-3-4-6-8-10-16-31/h12-15,18-20,31H,2-11,16-17,22H2,1H3/b25-18+. The topological polar surface area (TPSA) is 80.9 Å². The van der Waals surface area contributed by atoms with Crippen molar-refractivity contribution in [1.29, 1.82) is 5.26 Å². The lowest BCUT2D eigenvalue weighted by molar-refractivity contribution is 0.174. The average Bonchev–Trinajstić information content (AvgIpc) is 3.35. The van der Waals surface area contributed by atoms with Gasteiger partial charge in [0.2, 0.25) is 6.79 Å². The quantitative estimate of drug-likeness (QED) is 0.163. The smallest absolute Gasteiger partial charge is 0.231 e. The van der Waals surface area contributed by atoms with Crippen molar-refractivity contribution in [3.8, 4) is 29.1 Å². The number of unbranched alkanes of at least 4 members (excludes halogenated alkanes) is 8. The van der Waals surface area contributed by atoms with Gasteiger partial charge in [0.1, 0.15) is 0 Å². The number of aliphatic hydroxyl groups excluding tert-OH is 1. The predicted octanol–water partition coefficient (Wildman–Crippen LogP) is 6.76. The summed E-state index contributed by atoms with van der Waals surface area (Å²) in [6.07, 6.45) is 12.3. The van der Waals surface area contributed by atoms with Crippen LogP contribution in [0.5, 0.6) is 23.0 Å². The van der Waals surface area contributed by atoms with Gasteiger partial charge in [-0.3, -0.25) is 0 Å². The van der Waals surface area contributed by atoms with Crippen LogP contribution in [0.4, 0.5) is 0 Å². The summed E-state index contributed by atoms with van der Waals surface area (Å²) in [7, 11) is 0. The van der Waals surface area contributed by atoms with Gasteiger partial charge in [0, 0.05) is 6.61 Å². The molecule has 188 valence electrons. The van der Waals surface area contributed by atoms with Crippen LogP contribution in [0.2, 0.25) is 0 Å². The van der Waals surface area contributed by atoms with Gasteiger partial charge in [0.05, 0.1) is 24.9 Å².